The van der Waals surface area contributed by atoms with E-state index >= 15 is 0 Å². The van der Waals surface area contributed by atoms with Gasteiger partial charge in [-0.1, -0.05) is 6.07 Å². The highest BCUT2D eigenvalue weighted by atomic mass is 32.1. The van der Waals surface area contributed by atoms with Crippen LogP contribution in [-0.4, -0.2) is 23.8 Å². The molecule has 1 aromatic carbocycles. The number of rotatable bonds is 7. The molecule has 1 aromatic heterocycles. The average Bonchev–Trinajstić information content (AvgIpc) is 3.02. The number of ketones is 1. The van der Waals surface area contributed by atoms with Crippen molar-refractivity contribution in [3.05, 3.63) is 51.7 Å². The molecule has 2 rings (SSSR count). The normalized spacial score (nSPS) is 11.7. The molecule has 0 aliphatic rings. The lowest BCUT2D eigenvalue weighted by Crippen LogP contribution is -2.30. The Morgan fingerprint density at radius 1 is 1.12 bits per heavy atom. The van der Waals surface area contributed by atoms with Gasteiger partial charge in [-0.3, -0.25) is 14.4 Å². The van der Waals surface area contributed by atoms with Crippen LogP contribution in [0, 0.1) is 18.6 Å². The second-order valence-corrected chi connectivity index (χ2v) is 6.84. The number of esters is 1. The Hall–Kier alpha value is -2.61. The maximum Gasteiger partial charge on any atom is 0.307 e. The molecular weight excluding hydrogens is 364 g/mol. The summed E-state index contributed by atoms with van der Waals surface area (Å²) in [7, 11) is 0. The lowest BCUT2D eigenvalue weighted by Gasteiger charge is -2.14. The predicted molar refractivity (Wildman–Crippen MR) is 93.2 cm³/mol. The van der Waals surface area contributed by atoms with E-state index in [4.69, 9.17) is 4.74 Å². The molecule has 0 radical (unpaired) electrons. The molecule has 1 heterocycles. The molecule has 1 atom stereocenters. The molecule has 1 amide bonds. The summed E-state index contributed by atoms with van der Waals surface area (Å²) in [5.74, 6) is -3.68. The number of aryl methyl sites for hydroxylation is 1. The Bertz CT molecular complexity index is 814. The molecule has 0 saturated heterocycles. The van der Waals surface area contributed by atoms with Crippen LogP contribution in [0.1, 0.15) is 34.3 Å². The van der Waals surface area contributed by atoms with Gasteiger partial charge < -0.3 is 10.1 Å². The fraction of sp³-hybridized carbons (Fsp3) is 0.278. The number of benzene rings is 1. The molecule has 0 aliphatic carbocycles. The predicted octanol–water partition coefficient (Wildman–Crippen LogP) is 3.87. The standard InChI is InChI=1S/C18H17F2NO4S/c1-10-6-8-15(26-10)14(22)7-9-16(23)25-11(2)18(24)21-17-12(19)4-3-5-13(17)20/h3-6,8,11H,7,9H2,1-2H3,(H,21,24)/t11-/m1/s1. The first kappa shape index (κ1) is 19.7. The second-order valence-electron chi connectivity index (χ2n) is 5.55. The number of carbonyl (C=O) groups excluding carboxylic acids is 3. The minimum absolute atomic E-state index is 0.0466. The zero-order valence-electron chi connectivity index (χ0n) is 14.2. The number of anilines is 1. The molecule has 2 aromatic rings. The summed E-state index contributed by atoms with van der Waals surface area (Å²) in [6.07, 6.45) is -1.50. The zero-order chi connectivity index (χ0) is 19.3. The highest BCUT2D eigenvalue weighted by Gasteiger charge is 2.21. The number of thiophene rings is 1. The number of hydrogen-bond acceptors (Lipinski definition) is 5. The van der Waals surface area contributed by atoms with Crippen molar-refractivity contribution in [1.82, 2.24) is 0 Å². The number of halogens is 2. The lowest BCUT2D eigenvalue weighted by atomic mass is 10.2. The van der Waals surface area contributed by atoms with Crippen LogP contribution in [0.15, 0.2) is 30.3 Å². The van der Waals surface area contributed by atoms with Crippen LogP contribution >= 0.6 is 11.3 Å². The van der Waals surface area contributed by atoms with E-state index in [1.54, 1.807) is 6.07 Å². The average molecular weight is 381 g/mol. The van der Waals surface area contributed by atoms with Gasteiger partial charge in [-0.05, 0) is 38.1 Å². The van der Waals surface area contributed by atoms with Crippen molar-refractivity contribution in [2.75, 3.05) is 5.32 Å². The van der Waals surface area contributed by atoms with E-state index in [1.165, 1.54) is 18.3 Å². The van der Waals surface area contributed by atoms with Gasteiger partial charge in [-0.15, -0.1) is 11.3 Å². The summed E-state index contributed by atoms with van der Waals surface area (Å²) in [5.41, 5.74) is -0.608. The van der Waals surface area contributed by atoms with Gasteiger partial charge in [0, 0.05) is 11.3 Å². The number of hydrogen-bond donors (Lipinski definition) is 1. The van der Waals surface area contributed by atoms with Crippen molar-refractivity contribution in [2.45, 2.75) is 32.8 Å². The summed E-state index contributed by atoms with van der Waals surface area (Å²) >= 11 is 1.33. The van der Waals surface area contributed by atoms with Crippen LogP contribution in [-0.2, 0) is 14.3 Å². The van der Waals surface area contributed by atoms with Gasteiger partial charge in [0.2, 0.25) is 0 Å². The molecule has 138 valence electrons. The fourth-order valence-corrected chi connectivity index (χ4v) is 2.91. The van der Waals surface area contributed by atoms with E-state index < -0.39 is 35.3 Å². The minimum atomic E-state index is -1.26. The number of carbonyl (C=O) groups is 3. The Kier molecular flexibility index (Phi) is 6.57. The van der Waals surface area contributed by atoms with Gasteiger partial charge in [-0.2, -0.15) is 0 Å². The highest BCUT2D eigenvalue weighted by Crippen LogP contribution is 2.19. The topological polar surface area (TPSA) is 72.5 Å². The van der Waals surface area contributed by atoms with E-state index in [9.17, 15) is 23.2 Å². The Labute approximate surface area is 153 Å². The first-order valence-electron chi connectivity index (χ1n) is 7.82. The van der Waals surface area contributed by atoms with Gasteiger partial charge in [-0.25, -0.2) is 8.78 Å². The third-order valence-electron chi connectivity index (χ3n) is 3.46. The number of amides is 1. The van der Waals surface area contributed by atoms with Crippen LogP contribution in [0.25, 0.3) is 0 Å². The Morgan fingerprint density at radius 2 is 1.77 bits per heavy atom. The Morgan fingerprint density at radius 3 is 2.35 bits per heavy atom. The Balaban J connectivity index is 1.84. The van der Waals surface area contributed by atoms with Crippen LogP contribution in [0.4, 0.5) is 14.5 Å². The minimum Gasteiger partial charge on any atom is -0.453 e. The summed E-state index contributed by atoms with van der Waals surface area (Å²) in [5, 5.41) is 2.05. The van der Waals surface area contributed by atoms with Gasteiger partial charge in [0.25, 0.3) is 5.91 Å². The van der Waals surface area contributed by atoms with E-state index in [-0.39, 0.29) is 18.6 Å². The first-order chi connectivity index (χ1) is 12.3. The second kappa shape index (κ2) is 8.66. The van der Waals surface area contributed by atoms with Crippen molar-refractivity contribution in [2.24, 2.45) is 0 Å². The number of para-hydroxylation sites is 1. The number of Topliss-reactive ketones (excluding diaryl/α,β-unsaturated/α-hetero) is 1. The first-order valence-corrected chi connectivity index (χ1v) is 8.63. The molecule has 8 heteroatoms. The van der Waals surface area contributed by atoms with Crippen molar-refractivity contribution in [3.8, 4) is 0 Å². The van der Waals surface area contributed by atoms with Crippen LogP contribution in [0.5, 0.6) is 0 Å². The molecule has 26 heavy (non-hydrogen) atoms. The third-order valence-corrected chi connectivity index (χ3v) is 4.50. The highest BCUT2D eigenvalue weighted by molar-refractivity contribution is 7.14. The van der Waals surface area contributed by atoms with Crippen LogP contribution in [0.2, 0.25) is 0 Å². The largest absolute Gasteiger partial charge is 0.453 e. The fourth-order valence-electron chi connectivity index (χ4n) is 2.07. The quantitative estimate of drug-likeness (QED) is 0.584. The van der Waals surface area contributed by atoms with E-state index in [0.29, 0.717) is 4.88 Å². The van der Waals surface area contributed by atoms with Crippen molar-refractivity contribution in [3.63, 3.8) is 0 Å². The summed E-state index contributed by atoms with van der Waals surface area (Å²) in [4.78, 5) is 37.2. The number of ether oxygens (including phenoxy) is 1. The van der Waals surface area contributed by atoms with Crippen molar-refractivity contribution >= 4 is 34.7 Å². The van der Waals surface area contributed by atoms with Gasteiger partial charge in [0.1, 0.15) is 17.3 Å². The molecule has 0 fully saturated rings. The van der Waals surface area contributed by atoms with Gasteiger partial charge >= 0.3 is 5.97 Å². The molecule has 0 spiro atoms. The van der Waals surface area contributed by atoms with Gasteiger partial charge in [0.15, 0.2) is 11.9 Å². The SMILES string of the molecule is Cc1ccc(C(=O)CCC(=O)O[C@H](C)C(=O)Nc2c(F)cccc2F)s1. The van der Waals surface area contributed by atoms with Crippen molar-refractivity contribution < 1.29 is 27.9 Å². The van der Waals surface area contributed by atoms with Gasteiger partial charge in [0.05, 0.1) is 11.3 Å². The molecule has 0 bridgehead atoms. The molecule has 0 unspecified atom stereocenters. The monoisotopic (exact) mass is 381 g/mol. The molecule has 0 aliphatic heterocycles. The summed E-state index contributed by atoms with van der Waals surface area (Å²) in [6.45, 7) is 3.14. The summed E-state index contributed by atoms with van der Waals surface area (Å²) in [6, 6.07) is 6.65. The number of nitrogens with one attached hydrogen (secondary N) is 1. The van der Waals surface area contributed by atoms with Crippen molar-refractivity contribution in [1.29, 1.82) is 0 Å². The van der Waals surface area contributed by atoms with E-state index in [2.05, 4.69) is 0 Å². The van der Waals surface area contributed by atoms with Crippen LogP contribution in [0.3, 0.4) is 0 Å². The van der Waals surface area contributed by atoms with E-state index in [1.807, 2.05) is 18.3 Å². The van der Waals surface area contributed by atoms with Crippen LogP contribution < -0.4 is 5.32 Å². The summed E-state index contributed by atoms with van der Waals surface area (Å²) < 4.78 is 31.9. The molecule has 1 N–H and O–H groups in total. The maximum atomic E-state index is 13.5. The lowest BCUT2D eigenvalue weighted by molar-refractivity contribution is -0.153. The zero-order valence-corrected chi connectivity index (χ0v) is 15.0. The molecular formula is C18H17F2NO4S. The smallest absolute Gasteiger partial charge is 0.307 e. The molecule has 0 saturated carbocycles. The third kappa shape index (κ3) is 5.19. The van der Waals surface area contributed by atoms with E-state index in [0.717, 1.165) is 23.1 Å². The maximum absolute atomic E-state index is 13.5. The molecule has 5 nitrogen and oxygen atoms in total.